The maximum Gasteiger partial charge on any atom is 0.323 e. The average Bonchev–Trinajstić information content (AvgIpc) is 2.66. The van der Waals surface area contributed by atoms with E-state index in [-0.39, 0.29) is 11.8 Å². The molecule has 0 radical (unpaired) electrons. The van der Waals surface area contributed by atoms with Gasteiger partial charge in [0.2, 0.25) is 0 Å². The van der Waals surface area contributed by atoms with Gasteiger partial charge in [-0.25, -0.2) is 9.78 Å². The third-order valence-electron chi connectivity index (χ3n) is 4.80. The van der Waals surface area contributed by atoms with Crippen molar-refractivity contribution in [3.63, 3.8) is 0 Å². The van der Waals surface area contributed by atoms with Crippen LogP contribution in [0.5, 0.6) is 5.75 Å². The summed E-state index contributed by atoms with van der Waals surface area (Å²) in [5.41, 5.74) is 2.58. The van der Waals surface area contributed by atoms with E-state index >= 15 is 0 Å². The number of nitrogens with one attached hydrogen (secondary N) is 3. The molecule has 0 atom stereocenters. The predicted octanol–water partition coefficient (Wildman–Crippen LogP) is 4.05. The number of methoxy groups -OCH3 is 1. The zero-order valence-corrected chi connectivity index (χ0v) is 16.8. The Morgan fingerprint density at radius 1 is 1.24 bits per heavy atom. The number of carbonyl (C=O) groups excluding carboxylic acids is 2. The molecule has 0 aliphatic carbocycles. The Bertz CT molecular complexity index is 953. The largest absolute Gasteiger partial charge is 0.494 e. The zero-order chi connectivity index (χ0) is 21.0. The molecule has 8 nitrogen and oxygen atoms in total. The van der Waals surface area contributed by atoms with Gasteiger partial charge in [0.25, 0.3) is 0 Å². The summed E-state index contributed by atoms with van der Waals surface area (Å²) in [6.07, 6.45) is 2.80. The van der Waals surface area contributed by atoms with Crippen LogP contribution in [-0.4, -0.2) is 47.6 Å². The average molecular weight is 395 g/mol. The van der Waals surface area contributed by atoms with Crippen molar-refractivity contribution in [2.75, 3.05) is 30.8 Å². The number of para-hydroxylation sites is 1. The van der Waals surface area contributed by atoms with Crippen LogP contribution in [-0.2, 0) is 0 Å². The molecule has 3 rings (SSSR count). The third-order valence-corrected chi connectivity index (χ3v) is 4.80. The molecule has 1 aliphatic heterocycles. The number of likely N-dealkylation sites (tertiary alicyclic amines) is 1. The van der Waals surface area contributed by atoms with Crippen LogP contribution >= 0.6 is 0 Å². The summed E-state index contributed by atoms with van der Waals surface area (Å²) in [5.74, 6) is 0.798. The van der Waals surface area contributed by atoms with Crippen LogP contribution in [0.3, 0.4) is 0 Å². The monoisotopic (exact) mass is 395 g/mol. The highest BCUT2D eigenvalue weighted by Gasteiger charge is 2.21. The topological polar surface area (TPSA) is 107 Å². The Kier molecular flexibility index (Phi) is 6.11. The molecule has 1 aromatic carbocycles. The zero-order valence-electron chi connectivity index (χ0n) is 16.8. The molecule has 0 spiro atoms. The van der Waals surface area contributed by atoms with Crippen molar-refractivity contribution >= 4 is 34.7 Å². The number of rotatable bonds is 7. The first-order chi connectivity index (χ1) is 13.9. The first kappa shape index (κ1) is 20.3. The number of pyridine rings is 1. The van der Waals surface area contributed by atoms with E-state index in [0.29, 0.717) is 46.2 Å². The van der Waals surface area contributed by atoms with E-state index in [4.69, 9.17) is 10.1 Å². The van der Waals surface area contributed by atoms with E-state index < -0.39 is 0 Å². The summed E-state index contributed by atoms with van der Waals surface area (Å²) >= 11 is 0. The standard InChI is InChI=1S/C21H25N5O3/c1-4-18(27)15-12-23-19(25-21(28)26-9-6-10-26)11-17(15)24-16-8-5-7-14(13(2)22)20(16)29-3/h5,7-8,11-12,22H,4,6,9-10H2,1-3H3,(H2,23,24,25,28). The van der Waals surface area contributed by atoms with Crippen molar-refractivity contribution in [1.82, 2.24) is 9.88 Å². The van der Waals surface area contributed by atoms with Gasteiger partial charge in [-0.3, -0.25) is 10.1 Å². The lowest BCUT2D eigenvalue weighted by molar-refractivity contribution is 0.0988. The van der Waals surface area contributed by atoms with Gasteiger partial charge in [-0.15, -0.1) is 0 Å². The number of urea groups is 1. The normalized spacial score (nSPS) is 12.7. The fourth-order valence-electron chi connectivity index (χ4n) is 3.04. The Balaban J connectivity index is 1.96. The Hall–Kier alpha value is -3.42. The van der Waals surface area contributed by atoms with Gasteiger partial charge in [-0.05, 0) is 25.5 Å². The van der Waals surface area contributed by atoms with Gasteiger partial charge < -0.3 is 20.4 Å². The lowest BCUT2D eigenvalue weighted by Crippen LogP contribution is -2.44. The quantitative estimate of drug-likeness (QED) is 0.484. The van der Waals surface area contributed by atoms with Gasteiger partial charge in [0, 0.05) is 43.0 Å². The number of benzene rings is 1. The lowest BCUT2D eigenvalue weighted by Gasteiger charge is -2.30. The van der Waals surface area contributed by atoms with E-state index in [9.17, 15) is 9.59 Å². The Morgan fingerprint density at radius 3 is 2.59 bits per heavy atom. The summed E-state index contributed by atoms with van der Waals surface area (Å²) < 4.78 is 5.50. The molecule has 1 saturated heterocycles. The summed E-state index contributed by atoms with van der Waals surface area (Å²) in [6, 6.07) is 6.86. The molecule has 0 unspecified atom stereocenters. The fraction of sp³-hybridized carbons (Fsp3) is 0.333. The number of ketones is 1. The van der Waals surface area contributed by atoms with Crippen molar-refractivity contribution < 1.29 is 14.3 Å². The molecule has 2 heterocycles. The van der Waals surface area contributed by atoms with E-state index in [1.54, 1.807) is 30.9 Å². The van der Waals surface area contributed by atoms with Crippen LogP contribution in [0.1, 0.15) is 42.6 Å². The number of ether oxygens (including phenoxy) is 1. The molecule has 1 aromatic heterocycles. The second kappa shape index (κ2) is 8.72. The molecule has 0 bridgehead atoms. The SMILES string of the molecule is CCC(=O)c1cnc(NC(=O)N2CCC2)cc1Nc1cccc(C(C)=N)c1OC. The molecule has 2 amide bonds. The van der Waals surface area contributed by atoms with Crippen LogP contribution in [0, 0.1) is 5.41 Å². The molecule has 29 heavy (non-hydrogen) atoms. The maximum absolute atomic E-state index is 12.4. The fourth-order valence-corrected chi connectivity index (χ4v) is 3.04. The number of anilines is 3. The number of carbonyl (C=O) groups is 2. The van der Waals surface area contributed by atoms with E-state index in [0.717, 1.165) is 19.5 Å². The van der Waals surface area contributed by atoms with Gasteiger partial charge in [-0.2, -0.15) is 0 Å². The Morgan fingerprint density at radius 2 is 2.00 bits per heavy atom. The smallest absolute Gasteiger partial charge is 0.323 e. The number of amides is 2. The van der Waals surface area contributed by atoms with Crippen molar-refractivity contribution in [3.8, 4) is 5.75 Å². The lowest BCUT2D eigenvalue weighted by atomic mass is 10.1. The summed E-state index contributed by atoms with van der Waals surface area (Å²) in [5, 5.41) is 13.9. The molecule has 8 heteroatoms. The minimum Gasteiger partial charge on any atom is -0.494 e. The van der Waals surface area contributed by atoms with Gasteiger partial charge in [0.05, 0.1) is 24.0 Å². The van der Waals surface area contributed by atoms with Crippen LogP contribution in [0.25, 0.3) is 0 Å². The molecule has 152 valence electrons. The van der Waals surface area contributed by atoms with Gasteiger partial charge in [-0.1, -0.05) is 13.0 Å². The van der Waals surface area contributed by atoms with Crippen molar-refractivity contribution in [3.05, 3.63) is 41.6 Å². The third kappa shape index (κ3) is 4.37. The highest BCUT2D eigenvalue weighted by atomic mass is 16.5. The summed E-state index contributed by atoms with van der Waals surface area (Å²) in [6.45, 7) is 4.93. The van der Waals surface area contributed by atoms with Crippen LogP contribution in [0.15, 0.2) is 30.5 Å². The second-order valence-corrected chi connectivity index (χ2v) is 6.80. The summed E-state index contributed by atoms with van der Waals surface area (Å²) in [4.78, 5) is 30.5. The number of aromatic nitrogens is 1. The van der Waals surface area contributed by atoms with Crippen molar-refractivity contribution in [2.24, 2.45) is 0 Å². The van der Waals surface area contributed by atoms with Crippen LogP contribution < -0.4 is 15.4 Å². The number of nitrogens with zero attached hydrogens (tertiary/aromatic N) is 2. The first-order valence-corrected chi connectivity index (χ1v) is 9.53. The van der Waals surface area contributed by atoms with Gasteiger partial charge in [0.15, 0.2) is 11.5 Å². The molecule has 1 fully saturated rings. The molecular weight excluding hydrogens is 370 g/mol. The van der Waals surface area contributed by atoms with E-state index in [1.807, 2.05) is 12.1 Å². The first-order valence-electron chi connectivity index (χ1n) is 9.53. The summed E-state index contributed by atoms with van der Waals surface area (Å²) in [7, 11) is 1.54. The second-order valence-electron chi connectivity index (χ2n) is 6.80. The van der Waals surface area contributed by atoms with E-state index in [1.165, 1.54) is 13.3 Å². The van der Waals surface area contributed by atoms with Crippen molar-refractivity contribution in [1.29, 1.82) is 5.41 Å². The number of Topliss-reactive ketones (excluding diaryl/α,β-unsaturated/α-hetero) is 1. The Labute approximate surface area is 169 Å². The molecule has 2 aromatic rings. The highest BCUT2D eigenvalue weighted by molar-refractivity contribution is 6.04. The van der Waals surface area contributed by atoms with Gasteiger partial charge >= 0.3 is 6.03 Å². The highest BCUT2D eigenvalue weighted by Crippen LogP contribution is 2.33. The number of hydrogen-bond donors (Lipinski definition) is 3. The predicted molar refractivity (Wildman–Crippen MR) is 113 cm³/mol. The van der Waals surface area contributed by atoms with Crippen LogP contribution in [0.4, 0.5) is 22.0 Å². The minimum absolute atomic E-state index is 0.0704. The van der Waals surface area contributed by atoms with Crippen molar-refractivity contribution in [2.45, 2.75) is 26.7 Å². The minimum atomic E-state index is -0.205. The number of hydrogen-bond acceptors (Lipinski definition) is 6. The van der Waals surface area contributed by atoms with E-state index in [2.05, 4.69) is 15.6 Å². The maximum atomic E-state index is 12.4. The molecular formula is C21H25N5O3. The van der Waals surface area contributed by atoms with Crippen LogP contribution in [0.2, 0.25) is 0 Å². The molecule has 3 N–H and O–H groups in total. The van der Waals surface area contributed by atoms with Gasteiger partial charge in [0.1, 0.15) is 5.82 Å². The molecule has 0 saturated carbocycles. The molecule has 1 aliphatic rings.